The molecule has 1 fully saturated rings. The van der Waals surface area contributed by atoms with E-state index in [0.29, 0.717) is 11.2 Å². The molecule has 0 amide bonds. The van der Waals surface area contributed by atoms with E-state index in [2.05, 4.69) is 15.0 Å². The lowest BCUT2D eigenvalue weighted by Crippen LogP contribution is -2.62. The Morgan fingerprint density at radius 1 is 1.19 bits per heavy atom. The molecule has 2 aromatic heterocycles. The molecule has 4 atom stereocenters. The van der Waals surface area contributed by atoms with Crippen LogP contribution in [0.2, 0.25) is 0 Å². The van der Waals surface area contributed by atoms with E-state index in [1.807, 2.05) is 0 Å². The van der Waals surface area contributed by atoms with Gasteiger partial charge < -0.3 is 25.8 Å². The summed E-state index contributed by atoms with van der Waals surface area (Å²) < 4.78 is 6.72. The first-order valence-corrected chi connectivity index (χ1v) is 6.05. The number of hydrogen-bond acceptors (Lipinski definition) is 10. The van der Waals surface area contributed by atoms with Gasteiger partial charge in [0.25, 0.3) is 0 Å². The van der Waals surface area contributed by atoms with E-state index in [4.69, 9.17) is 21.9 Å². The second-order valence-corrected chi connectivity index (χ2v) is 4.90. The molecule has 2 aromatic rings. The van der Waals surface area contributed by atoms with Crippen molar-refractivity contribution >= 4 is 17.0 Å². The SMILES string of the molecule is Nc1ncnc2c1ncn2[C@@H]1O[C@H](C(N)(N)O)[C@@H](O)[C@H]1O. The van der Waals surface area contributed by atoms with Gasteiger partial charge in [-0.05, 0) is 0 Å². The van der Waals surface area contributed by atoms with Gasteiger partial charge in [-0.15, -0.1) is 0 Å². The molecule has 0 saturated carbocycles. The number of ether oxygens (including phenoxy) is 1. The Hall–Kier alpha value is -1.89. The molecule has 1 saturated heterocycles. The van der Waals surface area contributed by atoms with Crippen molar-refractivity contribution in [1.29, 1.82) is 0 Å². The van der Waals surface area contributed by atoms with Gasteiger partial charge in [0.1, 0.15) is 30.2 Å². The zero-order valence-corrected chi connectivity index (χ0v) is 10.7. The van der Waals surface area contributed by atoms with Gasteiger partial charge in [0.15, 0.2) is 23.5 Å². The second kappa shape index (κ2) is 4.56. The fraction of sp³-hybridized carbons (Fsp3) is 0.500. The van der Waals surface area contributed by atoms with Gasteiger partial charge in [-0.25, -0.2) is 15.0 Å². The summed E-state index contributed by atoms with van der Waals surface area (Å²) in [6.45, 7) is 0. The molecule has 0 aliphatic carbocycles. The normalized spacial score (nSPS) is 30.1. The van der Waals surface area contributed by atoms with Crippen LogP contribution in [0.15, 0.2) is 12.7 Å². The minimum atomic E-state index is -2.31. The summed E-state index contributed by atoms with van der Waals surface area (Å²) in [4.78, 5) is 11.8. The number of hydrogen-bond donors (Lipinski definition) is 6. The van der Waals surface area contributed by atoms with E-state index in [-0.39, 0.29) is 5.82 Å². The maximum Gasteiger partial charge on any atom is 0.197 e. The van der Waals surface area contributed by atoms with Crippen LogP contribution in [0.5, 0.6) is 0 Å². The van der Waals surface area contributed by atoms with Crippen LogP contribution >= 0.6 is 0 Å². The van der Waals surface area contributed by atoms with E-state index in [1.54, 1.807) is 0 Å². The summed E-state index contributed by atoms with van der Waals surface area (Å²) in [7, 11) is 0. The summed E-state index contributed by atoms with van der Waals surface area (Å²) in [6, 6.07) is 0. The van der Waals surface area contributed by atoms with Crippen LogP contribution in [-0.2, 0) is 4.74 Å². The van der Waals surface area contributed by atoms with Gasteiger partial charge in [0.05, 0.1) is 6.33 Å². The Morgan fingerprint density at radius 2 is 1.90 bits per heavy atom. The number of aliphatic hydroxyl groups excluding tert-OH is 2. The van der Waals surface area contributed by atoms with E-state index in [9.17, 15) is 15.3 Å². The summed E-state index contributed by atoms with van der Waals surface area (Å²) in [5.74, 6) is -2.14. The van der Waals surface area contributed by atoms with Gasteiger partial charge in [-0.3, -0.25) is 16.0 Å². The van der Waals surface area contributed by atoms with Gasteiger partial charge in [-0.1, -0.05) is 0 Å². The van der Waals surface area contributed by atoms with Crippen molar-refractivity contribution in [2.24, 2.45) is 11.5 Å². The third-order valence-corrected chi connectivity index (χ3v) is 3.36. The third-order valence-electron chi connectivity index (χ3n) is 3.36. The molecule has 1 aliphatic heterocycles. The zero-order valence-electron chi connectivity index (χ0n) is 10.7. The predicted molar refractivity (Wildman–Crippen MR) is 69.0 cm³/mol. The van der Waals surface area contributed by atoms with Crippen LogP contribution in [0.1, 0.15) is 6.23 Å². The van der Waals surface area contributed by atoms with Crippen LogP contribution in [0.25, 0.3) is 11.2 Å². The molecule has 21 heavy (non-hydrogen) atoms. The van der Waals surface area contributed by atoms with Crippen LogP contribution in [-0.4, -0.2) is 59.0 Å². The van der Waals surface area contributed by atoms with Crippen LogP contribution in [0.3, 0.4) is 0 Å². The number of nitrogens with two attached hydrogens (primary N) is 3. The molecule has 1 aliphatic rings. The average molecular weight is 297 g/mol. The fourth-order valence-corrected chi connectivity index (χ4v) is 2.33. The minimum absolute atomic E-state index is 0.164. The van der Waals surface area contributed by atoms with Crippen molar-refractivity contribution in [3.05, 3.63) is 12.7 Å². The number of nitrogens with zero attached hydrogens (tertiary/aromatic N) is 4. The van der Waals surface area contributed by atoms with Crippen molar-refractivity contribution < 1.29 is 20.1 Å². The van der Waals surface area contributed by atoms with E-state index < -0.39 is 30.4 Å². The molecule has 0 spiro atoms. The molecule has 9 N–H and O–H groups in total. The lowest BCUT2D eigenvalue weighted by molar-refractivity contribution is -0.134. The summed E-state index contributed by atoms with van der Waals surface area (Å²) in [6.07, 6.45) is -2.77. The number of aromatic nitrogens is 4. The van der Waals surface area contributed by atoms with Crippen LogP contribution in [0, 0.1) is 0 Å². The van der Waals surface area contributed by atoms with Crippen molar-refractivity contribution in [2.45, 2.75) is 30.4 Å². The van der Waals surface area contributed by atoms with Crippen molar-refractivity contribution in [3.8, 4) is 0 Å². The van der Waals surface area contributed by atoms with Crippen molar-refractivity contribution in [3.63, 3.8) is 0 Å². The maximum absolute atomic E-state index is 10.1. The molecule has 3 rings (SSSR count). The molecule has 11 nitrogen and oxygen atoms in total. The largest absolute Gasteiger partial charge is 0.387 e. The smallest absolute Gasteiger partial charge is 0.197 e. The van der Waals surface area contributed by atoms with E-state index in [0.717, 1.165) is 0 Å². The number of imidazole rings is 1. The van der Waals surface area contributed by atoms with Gasteiger partial charge in [0, 0.05) is 0 Å². The summed E-state index contributed by atoms with van der Waals surface area (Å²) in [5, 5.41) is 29.5. The standard InChI is InChI=1S/C10H15N7O4/c11-7-3-8(15-1-14-7)17(2-16-3)9-5(19)4(18)6(21-9)10(12,13)20/h1-2,4-6,9,18-20H,12-13H2,(H2,11,14,15)/t4-,5+,6-,9+/m0/s1. The second-order valence-electron chi connectivity index (χ2n) is 4.90. The number of nitrogen functional groups attached to an aromatic ring is 1. The summed E-state index contributed by atoms with van der Waals surface area (Å²) >= 11 is 0. The summed E-state index contributed by atoms with van der Waals surface area (Å²) in [5.41, 5.74) is 16.9. The van der Waals surface area contributed by atoms with Gasteiger partial charge >= 0.3 is 0 Å². The molecular weight excluding hydrogens is 282 g/mol. The maximum atomic E-state index is 10.1. The Morgan fingerprint density at radius 3 is 2.52 bits per heavy atom. The molecule has 0 bridgehead atoms. The highest BCUT2D eigenvalue weighted by molar-refractivity contribution is 5.81. The number of rotatable bonds is 2. The fourth-order valence-electron chi connectivity index (χ4n) is 2.33. The quantitative estimate of drug-likeness (QED) is 0.304. The van der Waals surface area contributed by atoms with Gasteiger partial charge in [-0.2, -0.15) is 0 Å². The molecule has 0 unspecified atom stereocenters. The monoisotopic (exact) mass is 297 g/mol. The Kier molecular flexibility index (Phi) is 3.05. The first kappa shape index (κ1) is 14.1. The minimum Gasteiger partial charge on any atom is -0.387 e. The lowest BCUT2D eigenvalue weighted by atomic mass is 10.1. The number of anilines is 1. The Balaban J connectivity index is 2.02. The average Bonchev–Trinajstić information content (AvgIpc) is 2.93. The van der Waals surface area contributed by atoms with Crippen molar-refractivity contribution in [2.75, 3.05) is 5.73 Å². The predicted octanol–water partition coefficient (Wildman–Crippen LogP) is -3.41. The number of aliphatic hydroxyl groups is 3. The molecule has 3 heterocycles. The zero-order chi connectivity index (χ0) is 15.4. The third kappa shape index (κ3) is 2.12. The lowest BCUT2D eigenvalue weighted by Gasteiger charge is -2.26. The van der Waals surface area contributed by atoms with Crippen LogP contribution in [0.4, 0.5) is 5.82 Å². The molecular formula is C10H15N7O4. The highest BCUT2D eigenvalue weighted by atomic mass is 16.6. The highest BCUT2D eigenvalue weighted by Gasteiger charge is 2.51. The first-order chi connectivity index (χ1) is 9.80. The topological polar surface area (TPSA) is 192 Å². The van der Waals surface area contributed by atoms with Gasteiger partial charge in [0.2, 0.25) is 0 Å². The van der Waals surface area contributed by atoms with Crippen molar-refractivity contribution in [1.82, 2.24) is 19.5 Å². The number of fused-ring (bicyclic) bond motifs is 1. The molecule has 11 heteroatoms. The molecule has 114 valence electrons. The Labute approximate surface area is 118 Å². The molecule has 0 radical (unpaired) electrons. The highest BCUT2D eigenvalue weighted by Crippen LogP contribution is 2.33. The van der Waals surface area contributed by atoms with E-state index >= 15 is 0 Å². The van der Waals surface area contributed by atoms with Crippen LogP contribution < -0.4 is 17.2 Å². The first-order valence-electron chi connectivity index (χ1n) is 6.05. The molecule has 0 aromatic carbocycles. The Bertz CT molecular complexity index is 669. The van der Waals surface area contributed by atoms with E-state index in [1.165, 1.54) is 17.2 Å².